The van der Waals surface area contributed by atoms with E-state index in [1.54, 1.807) is 0 Å². The Morgan fingerprint density at radius 2 is 2.10 bits per heavy atom. The van der Waals surface area contributed by atoms with E-state index in [0.717, 1.165) is 50.1 Å². The maximum absolute atomic E-state index is 5.42. The van der Waals surface area contributed by atoms with Crippen LogP contribution in [0.4, 0.5) is 11.4 Å². The van der Waals surface area contributed by atoms with Crippen LogP contribution in [0, 0.1) is 6.92 Å². The predicted molar refractivity (Wildman–Crippen MR) is 80.1 cm³/mol. The Labute approximate surface area is 119 Å². The van der Waals surface area contributed by atoms with Gasteiger partial charge in [0.05, 0.1) is 43.0 Å². The topological polar surface area (TPSA) is 53.2 Å². The van der Waals surface area contributed by atoms with Gasteiger partial charge in [-0.3, -0.25) is 0 Å². The standard InChI is InChI=1S/C15H20N4O/c1-12-16-10-13(18-12)11-17-14-4-2-3-5-15(14)19-6-8-20-9-7-19/h2-5,10,17H,6-9,11H2,1H3,(H,16,18). The van der Waals surface area contributed by atoms with Crippen molar-refractivity contribution in [1.82, 2.24) is 9.97 Å². The third-order valence-corrected chi connectivity index (χ3v) is 3.48. The second kappa shape index (κ2) is 5.96. The van der Waals surface area contributed by atoms with E-state index >= 15 is 0 Å². The van der Waals surface area contributed by atoms with E-state index in [1.165, 1.54) is 5.69 Å². The van der Waals surface area contributed by atoms with Crippen molar-refractivity contribution in [2.75, 3.05) is 36.5 Å². The Morgan fingerprint density at radius 3 is 2.85 bits per heavy atom. The Balaban J connectivity index is 1.72. The molecule has 0 saturated carbocycles. The first kappa shape index (κ1) is 13.0. The van der Waals surface area contributed by atoms with Crippen LogP contribution >= 0.6 is 0 Å². The number of aromatic amines is 1. The molecule has 20 heavy (non-hydrogen) atoms. The van der Waals surface area contributed by atoms with Crippen molar-refractivity contribution in [3.63, 3.8) is 0 Å². The minimum Gasteiger partial charge on any atom is -0.378 e. The molecular weight excluding hydrogens is 252 g/mol. The van der Waals surface area contributed by atoms with Gasteiger partial charge in [-0.1, -0.05) is 12.1 Å². The normalized spacial score (nSPS) is 15.3. The highest BCUT2D eigenvalue weighted by Crippen LogP contribution is 2.26. The molecule has 1 aliphatic rings. The van der Waals surface area contributed by atoms with Crippen LogP contribution < -0.4 is 10.2 Å². The number of anilines is 2. The van der Waals surface area contributed by atoms with E-state index in [2.05, 4.69) is 44.5 Å². The van der Waals surface area contributed by atoms with Crippen molar-refractivity contribution in [3.8, 4) is 0 Å². The Kier molecular flexibility index (Phi) is 3.87. The third kappa shape index (κ3) is 2.93. The van der Waals surface area contributed by atoms with Gasteiger partial charge in [0.1, 0.15) is 5.82 Å². The monoisotopic (exact) mass is 272 g/mol. The summed E-state index contributed by atoms with van der Waals surface area (Å²) >= 11 is 0. The Hall–Kier alpha value is -2.01. The first-order chi connectivity index (χ1) is 9.83. The van der Waals surface area contributed by atoms with E-state index in [-0.39, 0.29) is 0 Å². The van der Waals surface area contributed by atoms with Crippen LogP contribution in [-0.4, -0.2) is 36.3 Å². The zero-order valence-electron chi connectivity index (χ0n) is 11.7. The predicted octanol–water partition coefficient (Wildman–Crippen LogP) is 2.17. The van der Waals surface area contributed by atoms with E-state index in [0.29, 0.717) is 0 Å². The van der Waals surface area contributed by atoms with Crippen molar-refractivity contribution >= 4 is 11.4 Å². The molecule has 2 aromatic rings. The quantitative estimate of drug-likeness (QED) is 0.895. The van der Waals surface area contributed by atoms with Crippen molar-refractivity contribution < 1.29 is 4.74 Å². The van der Waals surface area contributed by atoms with Crippen LogP contribution in [0.5, 0.6) is 0 Å². The SMILES string of the molecule is Cc1ncc(CNc2ccccc2N2CCOCC2)[nH]1. The van der Waals surface area contributed by atoms with Gasteiger partial charge in [-0.25, -0.2) is 4.98 Å². The van der Waals surface area contributed by atoms with Crippen molar-refractivity contribution in [1.29, 1.82) is 0 Å². The first-order valence-electron chi connectivity index (χ1n) is 6.99. The minimum absolute atomic E-state index is 0.752. The van der Waals surface area contributed by atoms with Crippen LogP contribution in [0.25, 0.3) is 0 Å². The number of H-pyrrole nitrogens is 1. The van der Waals surface area contributed by atoms with Gasteiger partial charge in [0.15, 0.2) is 0 Å². The van der Waals surface area contributed by atoms with Crippen LogP contribution in [0.2, 0.25) is 0 Å². The molecule has 5 nitrogen and oxygen atoms in total. The number of benzene rings is 1. The summed E-state index contributed by atoms with van der Waals surface area (Å²) in [7, 11) is 0. The second-order valence-corrected chi connectivity index (χ2v) is 4.96. The lowest BCUT2D eigenvalue weighted by atomic mass is 10.2. The molecule has 2 N–H and O–H groups in total. The third-order valence-electron chi connectivity index (χ3n) is 3.48. The summed E-state index contributed by atoms with van der Waals surface area (Å²) in [5, 5.41) is 3.49. The average molecular weight is 272 g/mol. The van der Waals surface area contributed by atoms with E-state index in [1.807, 2.05) is 13.1 Å². The highest BCUT2D eigenvalue weighted by Gasteiger charge is 2.14. The summed E-state index contributed by atoms with van der Waals surface area (Å²) < 4.78 is 5.42. The number of hydrogen-bond acceptors (Lipinski definition) is 4. The molecule has 5 heteroatoms. The van der Waals surface area contributed by atoms with Gasteiger partial charge in [-0.15, -0.1) is 0 Å². The highest BCUT2D eigenvalue weighted by atomic mass is 16.5. The van der Waals surface area contributed by atoms with Gasteiger partial charge in [0, 0.05) is 13.1 Å². The molecule has 1 aliphatic heterocycles. The molecule has 0 spiro atoms. The largest absolute Gasteiger partial charge is 0.378 e. The first-order valence-corrected chi connectivity index (χ1v) is 6.99. The maximum Gasteiger partial charge on any atom is 0.103 e. The van der Waals surface area contributed by atoms with Crippen molar-refractivity contribution in [2.45, 2.75) is 13.5 Å². The number of nitrogens with zero attached hydrogens (tertiary/aromatic N) is 2. The molecule has 0 radical (unpaired) electrons. The summed E-state index contributed by atoms with van der Waals surface area (Å²) in [6, 6.07) is 8.42. The molecule has 0 unspecified atom stereocenters. The molecule has 2 heterocycles. The Morgan fingerprint density at radius 1 is 1.30 bits per heavy atom. The number of ether oxygens (including phenoxy) is 1. The molecule has 0 bridgehead atoms. The maximum atomic E-state index is 5.42. The zero-order valence-corrected chi connectivity index (χ0v) is 11.7. The minimum atomic E-state index is 0.752. The van der Waals surface area contributed by atoms with Crippen LogP contribution in [0.1, 0.15) is 11.5 Å². The number of nitrogens with one attached hydrogen (secondary N) is 2. The summed E-state index contributed by atoms with van der Waals surface area (Å²) in [6.07, 6.45) is 1.87. The molecular formula is C15H20N4O. The lowest BCUT2D eigenvalue weighted by molar-refractivity contribution is 0.123. The smallest absolute Gasteiger partial charge is 0.103 e. The van der Waals surface area contributed by atoms with Crippen LogP contribution in [-0.2, 0) is 11.3 Å². The van der Waals surface area contributed by atoms with Gasteiger partial charge in [0.2, 0.25) is 0 Å². The zero-order chi connectivity index (χ0) is 13.8. The molecule has 1 aromatic carbocycles. The van der Waals surface area contributed by atoms with Crippen molar-refractivity contribution in [2.24, 2.45) is 0 Å². The summed E-state index contributed by atoms with van der Waals surface area (Å²) in [4.78, 5) is 9.82. The fourth-order valence-corrected chi connectivity index (χ4v) is 2.46. The van der Waals surface area contributed by atoms with Gasteiger partial charge in [0.25, 0.3) is 0 Å². The van der Waals surface area contributed by atoms with Gasteiger partial charge >= 0.3 is 0 Å². The number of para-hydroxylation sites is 2. The molecule has 3 rings (SSSR count). The van der Waals surface area contributed by atoms with Crippen LogP contribution in [0.15, 0.2) is 30.5 Å². The Bertz CT molecular complexity index is 561. The molecule has 0 atom stereocenters. The van der Waals surface area contributed by atoms with E-state index < -0.39 is 0 Å². The molecule has 1 saturated heterocycles. The highest BCUT2D eigenvalue weighted by molar-refractivity contribution is 5.70. The van der Waals surface area contributed by atoms with Gasteiger partial charge in [-0.2, -0.15) is 0 Å². The van der Waals surface area contributed by atoms with Crippen LogP contribution in [0.3, 0.4) is 0 Å². The summed E-state index contributed by atoms with van der Waals surface area (Å²) in [5.41, 5.74) is 3.49. The molecule has 0 aliphatic carbocycles. The number of aromatic nitrogens is 2. The lowest BCUT2D eigenvalue weighted by Crippen LogP contribution is -2.36. The molecule has 1 aromatic heterocycles. The van der Waals surface area contributed by atoms with Crippen molar-refractivity contribution in [3.05, 3.63) is 42.0 Å². The van der Waals surface area contributed by atoms with Gasteiger partial charge < -0.3 is 19.9 Å². The van der Waals surface area contributed by atoms with Gasteiger partial charge in [-0.05, 0) is 19.1 Å². The summed E-state index contributed by atoms with van der Waals surface area (Å²) in [5.74, 6) is 0.947. The number of hydrogen-bond donors (Lipinski definition) is 2. The lowest BCUT2D eigenvalue weighted by Gasteiger charge is -2.30. The molecule has 106 valence electrons. The number of morpholine rings is 1. The fourth-order valence-electron chi connectivity index (χ4n) is 2.46. The van der Waals surface area contributed by atoms with E-state index in [4.69, 9.17) is 4.74 Å². The van der Waals surface area contributed by atoms with E-state index in [9.17, 15) is 0 Å². The average Bonchev–Trinajstić information content (AvgIpc) is 2.92. The number of aryl methyl sites for hydroxylation is 1. The molecule has 0 amide bonds. The fraction of sp³-hybridized carbons (Fsp3) is 0.400. The molecule has 1 fully saturated rings. The summed E-state index contributed by atoms with van der Waals surface area (Å²) in [6.45, 7) is 6.21. The number of rotatable bonds is 4. The second-order valence-electron chi connectivity index (χ2n) is 4.96. The number of imidazole rings is 1.